The van der Waals surface area contributed by atoms with Crippen molar-refractivity contribution >= 4 is 40.6 Å². The Kier molecular flexibility index (Phi) is 6.65. The van der Waals surface area contributed by atoms with Gasteiger partial charge in [0.05, 0.1) is 28.6 Å². The Morgan fingerprint density at radius 2 is 1.93 bits per heavy atom. The normalized spacial score (nSPS) is 11.3. The Balaban J connectivity index is 1.52. The maximum Gasteiger partial charge on any atom is 0.416 e. The molecule has 0 aliphatic rings. The van der Waals surface area contributed by atoms with Crippen LogP contribution in [0, 0.1) is 0 Å². The number of amides is 1. The molecule has 3 rings (SSSR count). The van der Waals surface area contributed by atoms with Crippen molar-refractivity contribution in [1.29, 1.82) is 0 Å². The third-order valence-corrected chi connectivity index (χ3v) is 4.82. The molecule has 0 atom stereocenters. The van der Waals surface area contributed by atoms with Crippen LogP contribution in [0.1, 0.15) is 11.4 Å². The van der Waals surface area contributed by atoms with Crippen LogP contribution < -0.4 is 10.6 Å². The van der Waals surface area contributed by atoms with Crippen LogP contribution >= 0.6 is 23.4 Å². The molecule has 0 aliphatic heterocycles. The molecule has 0 spiro atoms. The second kappa shape index (κ2) is 9.19. The van der Waals surface area contributed by atoms with E-state index in [1.807, 2.05) is 30.3 Å². The van der Waals surface area contributed by atoms with Crippen molar-refractivity contribution in [2.24, 2.45) is 0 Å². The van der Waals surface area contributed by atoms with E-state index in [-0.39, 0.29) is 16.5 Å². The smallest absolute Gasteiger partial charge is 0.378 e. The first-order chi connectivity index (χ1) is 13.8. The fraction of sp³-hybridized carbons (Fsp3) is 0.167. The lowest BCUT2D eigenvalue weighted by Crippen LogP contribution is -2.15. The van der Waals surface area contributed by atoms with Crippen LogP contribution in [0.5, 0.6) is 0 Å². The van der Waals surface area contributed by atoms with Gasteiger partial charge in [0.15, 0.2) is 0 Å². The van der Waals surface area contributed by atoms with Gasteiger partial charge in [0, 0.05) is 5.69 Å². The summed E-state index contributed by atoms with van der Waals surface area (Å²) in [5.41, 5.74) is -0.0698. The lowest BCUT2D eigenvalue weighted by molar-refractivity contribution is -0.137. The molecule has 0 fully saturated rings. The zero-order valence-electron chi connectivity index (χ0n) is 14.8. The number of carbonyl (C=O) groups is 1. The maximum absolute atomic E-state index is 12.8. The molecule has 0 bridgehead atoms. The molecule has 3 aromatic rings. The van der Waals surface area contributed by atoms with Crippen molar-refractivity contribution in [3.63, 3.8) is 0 Å². The highest BCUT2D eigenvalue weighted by molar-refractivity contribution is 7.99. The molecule has 0 saturated heterocycles. The minimum atomic E-state index is -4.53. The van der Waals surface area contributed by atoms with Crippen LogP contribution in [0.2, 0.25) is 5.02 Å². The average molecular weight is 442 g/mol. The van der Waals surface area contributed by atoms with E-state index in [1.165, 1.54) is 0 Å². The van der Waals surface area contributed by atoms with Crippen molar-refractivity contribution < 1.29 is 18.0 Å². The lowest BCUT2D eigenvalue weighted by Gasteiger charge is -2.11. The Hall–Kier alpha value is -2.72. The van der Waals surface area contributed by atoms with Crippen LogP contribution in [0.15, 0.2) is 53.7 Å². The second-order valence-electron chi connectivity index (χ2n) is 5.81. The summed E-state index contributed by atoms with van der Waals surface area (Å²) in [4.78, 5) is 16.3. The topological polar surface area (TPSA) is 82.7 Å². The van der Waals surface area contributed by atoms with E-state index < -0.39 is 17.6 Å². The standard InChI is InChI=1S/C18H15ClF3N5OS/c19-13-7-6-11(18(20,21)22)8-14(13)24-16(28)10-29-17-25-15(26-27-17)9-23-12-4-2-1-3-5-12/h1-8,23H,9-10H2,(H,24,28)(H,25,26,27). The average Bonchev–Trinajstić information content (AvgIpc) is 3.14. The summed E-state index contributed by atoms with van der Waals surface area (Å²) in [6.07, 6.45) is -4.53. The molecular weight excluding hydrogens is 427 g/mol. The number of nitrogens with zero attached hydrogens (tertiary/aromatic N) is 2. The number of carbonyl (C=O) groups excluding carboxylic acids is 1. The van der Waals surface area contributed by atoms with Gasteiger partial charge in [0.1, 0.15) is 5.82 Å². The van der Waals surface area contributed by atoms with Crippen molar-refractivity contribution in [3.05, 3.63) is 64.9 Å². The van der Waals surface area contributed by atoms with Crippen molar-refractivity contribution in [2.45, 2.75) is 17.9 Å². The number of benzene rings is 2. The van der Waals surface area contributed by atoms with E-state index in [4.69, 9.17) is 11.6 Å². The highest BCUT2D eigenvalue weighted by Gasteiger charge is 2.31. The van der Waals surface area contributed by atoms with E-state index in [0.29, 0.717) is 17.5 Å². The first-order valence-electron chi connectivity index (χ1n) is 8.31. The highest BCUT2D eigenvalue weighted by atomic mass is 35.5. The van der Waals surface area contributed by atoms with Gasteiger partial charge < -0.3 is 10.6 Å². The molecule has 0 saturated carbocycles. The molecule has 1 amide bonds. The minimum Gasteiger partial charge on any atom is -0.378 e. The number of halogens is 4. The minimum absolute atomic E-state index is 0.0171. The van der Waals surface area contributed by atoms with Gasteiger partial charge in [-0.2, -0.15) is 13.2 Å². The highest BCUT2D eigenvalue weighted by Crippen LogP contribution is 2.33. The number of thioether (sulfide) groups is 1. The Bertz CT molecular complexity index is 981. The predicted octanol–water partition coefficient (Wildman–Crippen LogP) is 4.82. The number of aromatic amines is 1. The fourth-order valence-electron chi connectivity index (χ4n) is 2.28. The SMILES string of the molecule is O=C(CSc1n[nH]c(CNc2ccccc2)n1)Nc1cc(C(F)(F)F)ccc1Cl. The first-order valence-corrected chi connectivity index (χ1v) is 9.67. The Morgan fingerprint density at radius 3 is 2.66 bits per heavy atom. The van der Waals surface area contributed by atoms with E-state index in [9.17, 15) is 18.0 Å². The molecule has 0 aliphatic carbocycles. The van der Waals surface area contributed by atoms with Gasteiger partial charge in [-0.1, -0.05) is 41.6 Å². The molecule has 11 heteroatoms. The molecule has 0 unspecified atom stereocenters. The first kappa shape index (κ1) is 21.0. The van der Waals surface area contributed by atoms with E-state index in [2.05, 4.69) is 25.8 Å². The predicted molar refractivity (Wildman–Crippen MR) is 106 cm³/mol. The summed E-state index contributed by atoms with van der Waals surface area (Å²) < 4.78 is 38.4. The summed E-state index contributed by atoms with van der Waals surface area (Å²) >= 11 is 6.92. The summed E-state index contributed by atoms with van der Waals surface area (Å²) in [5, 5.41) is 12.7. The largest absolute Gasteiger partial charge is 0.416 e. The third-order valence-electron chi connectivity index (χ3n) is 3.65. The molecule has 2 aromatic carbocycles. The Labute approximate surface area is 173 Å². The molecule has 6 nitrogen and oxygen atoms in total. The quantitative estimate of drug-likeness (QED) is 0.458. The van der Waals surface area contributed by atoms with Gasteiger partial charge >= 0.3 is 6.18 Å². The third kappa shape index (κ3) is 6.13. The number of hydrogen-bond acceptors (Lipinski definition) is 5. The van der Waals surface area contributed by atoms with Crippen LogP contribution in [-0.4, -0.2) is 26.8 Å². The van der Waals surface area contributed by atoms with Gasteiger partial charge in [0.2, 0.25) is 11.1 Å². The number of nitrogens with one attached hydrogen (secondary N) is 3. The van der Waals surface area contributed by atoms with Gasteiger partial charge in [-0.3, -0.25) is 9.89 Å². The number of para-hydroxylation sites is 1. The summed E-state index contributed by atoms with van der Waals surface area (Å²) in [6.45, 7) is 0.420. The molecule has 1 aromatic heterocycles. The molecule has 3 N–H and O–H groups in total. The maximum atomic E-state index is 12.8. The van der Waals surface area contributed by atoms with E-state index in [1.54, 1.807) is 0 Å². The second-order valence-corrected chi connectivity index (χ2v) is 7.16. The number of aromatic nitrogens is 3. The monoisotopic (exact) mass is 441 g/mol. The lowest BCUT2D eigenvalue weighted by atomic mass is 10.2. The molecule has 152 valence electrons. The van der Waals surface area contributed by atoms with Crippen molar-refractivity contribution in [3.8, 4) is 0 Å². The van der Waals surface area contributed by atoms with Gasteiger partial charge in [-0.15, -0.1) is 5.10 Å². The number of rotatable bonds is 7. The van der Waals surface area contributed by atoms with E-state index >= 15 is 0 Å². The number of alkyl halides is 3. The van der Waals surface area contributed by atoms with Gasteiger partial charge in [-0.05, 0) is 30.3 Å². The zero-order valence-corrected chi connectivity index (χ0v) is 16.3. The molecule has 1 heterocycles. The molecular formula is C18H15ClF3N5OS. The number of H-pyrrole nitrogens is 1. The molecule has 0 radical (unpaired) electrons. The molecule has 29 heavy (non-hydrogen) atoms. The zero-order chi connectivity index (χ0) is 20.9. The van der Waals surface area contributed by atoms with Crippen LogP contribution in [0.3, 0.4) is 0 Å². The van der Waals surface area contributed by atoms with Crippen LogP contribution in [0.4, 0.5) is 24.5 Å². The summed E-state index contributed by atoms with van der Waals surface area (Å²) in [5.74, 6) is -0.0293. The Morgan fingerprint density at radius 1 is 1.17 bits per heavy atom. The number of hydrogen-bond donors (Lipinski definition) is 3. The number of anilines is 2. The summed E-state index contributed by atoms with van der Waals surface area (Å²) in [7, 11) is 0. The van der Waals surface area contributed by atoms with Crippen LogP contribution in [0.25, 0.3) is 0 Å². The summed E-state index contributed by atoms with van der Waals surface area (Å²) in [6, 6.07) is 12.3. The van der Waals surface area contributed by atoms with Gasteiger partial charge in [-0.25, -0.2) is 4.98 Å². The fourth-order valence-corrected chi connectivity index (χ4v) is 3.06. The van der Waals surface area contributed by atoms with Crippen molar-refractivity contribution in [2.75, 3.05) is 16.4 Å². The van der Waals surface area contributed by atoms with Crippen LogP contribution in [-0.2, 0) is 17.5 Å². The van der Waals surface area contributed by atoms with Crippen molar-refractivity contribution in [1.82, 2.24) is 15.2 Å². The van der Waals surface area contributed by atoms with E-state index in [0.717, 1.165) is 35.6 Å². The van der Waals surface area contributed by atoms with Gasteiger partial charge in [0.25, 0.3) is 0 Å².